The van der Waals surface area contributed by atoms with E-state index in [0.717, 1.165) is 5.56 Å². The van der Waals surface area contributed by atoms with Crippen LogP contribution in [0.4, 0.5) is 0 Å². The zero-order valence-corrected chi connectivity index (χ0v) is 11.8. The summed E-state index contributed by atoms with van der Waals surface area (Å²) in [5.41, 5.74) is 1.64. The Morgan fingerprint density at radius 1 is 1.05 bits per heavy atom. The standard InChI is InChI=1S/C17H19NO2/c1-13(2)20-16-11-7-6-10-15(16)17(19)18-12-14-8-4-3-5-9-14/h3-11,13H,12H2,1-2H3,(H,18,19). The van der Waals surface area contributed by atoms with Gasteiger partial charge in [0, 0.05) is 6.54 Å². The van der Waals surface area contributed by atoms with Crippen LogP contribution in [-0.4, -0.2) is 12.0 Å². The van der Waals surface area contributed by atoms with Gasteiger partial charge in [-0.25, -0.2) is 0 Å². The molecule has 0 aromatic heterocycles. The number of para-hydroxylation sites is 1. The summed E-state index contributed by atoms with van der Waals surface area (Å²) in [6, 6.07) is 17.1. The van der Waals surface area contributed by atoms with Crippen LogP contribution in [0.15, 0.2) is 54.6 Å². The van der Waals surface area contributed by atoms with E-state index >= 15 is 0 Å². The van der Waals surface area contributed by atoms with Crippen LogP contribution in [0.25, 0.3) is 0 Å². The third kappa shape index (κ3) is 3.85. The number of ether oxygens (including phenoxy) is 1. The van der Waals surface area contributed by atoms with Crippen molar-refractivity contribution in [3.05, 3.63) is 65.7 Å². The molecule has 3 heteroatoms. The van der Waals surface area contributed by atoms with Gasteiger partial charge in [-0.2, -0.15) is 0 Å². The van der Waals surface area contributed by atoms with Gasteiger partial charge < -0.3 is 10.1 Å². The fraction of sp³-hybridized carbons (Fsp3) is 0.235. The Balaban J connectivity index is 2.05. The summed E-state index contributed by atoms with van der Waals surface area (Å²) in [4.78, 5) is 12.2. The zero-order valence-electron chi connectivity index (χ0n) is 11.8. The number of amides is 1. The van der Waals surface area contributed by atoms with E-state index in [2.05, 4.69) is 5.32 Å². The van der Waals surface area contributed by atoms with Gasteiger partial charge in [0.2, 0.25) is 0 Å². The summed E-state index contributed by atoms with van der Waals surface area (Å²) in [7, 11) is 0. The lowest BCUT2D eigenvalue weighted by molar-refractivity contribution is 0.0945. The third-order valence-electron chi connectivity index (χ3n) is 2.79. The van der Waals surface area contributed by atoms with Gasteiger partial charge in [-0.05, 0) is 31.5 Å². The molecule has 0 radical (unpaired) electrons. The zero-order chi connectivity index (χ0) is 14.4. The van der Waals surface area contributed by atoms with Crippen LogP contribution in [0.1, 0.15) is 29.8 Å². The largest absolute Gasteiger partial charge is 0.490 e. The van der Waals surface area contributed by atoms with E-state index in [-0.39, 0.29) is 12.0 Å². The first-order chi connectivity index (χ1) is 9.66. The smallest absolute Gasteiger partial charge is 0.255 e. The fourth-order valence-corrected chi connectivity index (χ4v) is 1.88. The van der Waals surface area contributed by atoms with E-state index in [4.69, 9.17) is 4.74 Å². The van der Waals surface area contributed by atoms with Gasteiger partial charge in [-0.15, -0.1) is 0 Å². The van der Waals surface area contributed by atoms with Gasteiger partial charge in [-0.1, -0.05) is 42.5 Å². The normalized spacial score (nSPS) is 10.3. The number of hydrogen-bond donors (Lipinski definition) is 1. The average molecular weight is 269 g/mol. The molecule has 1 amide bonds. The van der Waals surface area contributed by atoms with E-state index in [1.165, 1.54) is 0 Å². The molecule has 2 rings (SSSR count). The minimum atomic E-state index is -0.120. The maximum atomic E-state index is 12.2. The molecule has 0 atom stereocenters. The van der Waals surface area contributed by atoms with E-state index in [9.17, 15) is 4.79 Å². The molecule has 0 spiro atoms. The quantitative estimate of drug-likeness (QED) is 0.903. The number of benzene rings is 2. The number of carbonyl (C=O) groups excluding carboxylic acids is 1. The molecule has 0 saturated carbocycles. The molecule has 0 unspecified atom stereocenters. The van der Waals surface area contributed by atoms with Gasteiger partial charge in [0.25, 0.3) is 5.91 Å². The van der Waals surface area contributed by atoms with Crippen molar-refractivity contribution in [1.82, 2.24) is 5.32 Å². The predicted octanol–water partition coefficient (Wildman–Crippen LogP) is 3.40. The molecule has 0 bridgehead atoms. The maximum absolute atomic E-state index is 12.2. The molecule has 0 heterocycles. The molecule has 0 saturated heterocycles. The Bertz CT molecular complexity index is 564. The SMILES string of the molecule is CC(C)Oc1ccccc1C(=O)NCc1ccccc1. The Kier molecular flexibility index (Phi) is 4.77. The first-order valence-corrected chi connectivity index (χ1v) is 6.74. The topological polar surface area (TPSA) is 38.3 Å². The number of hydrogen-bond acceptors (Lipinski definition) is 2. The summed E-state index contributed by atoms with van der Waals surface area (Å²) in [6.45, 7) is 4.40. The Morgan fingerprint density at radius 3 is 2.40 bits per heavy atom. The van der Waals surface area contributed by atoms with Crippen LogP contribution in [0.5, 0.6) is 5.75 Å². The van der Waals surface area contributed by atoms with Crippen LogP contribution in [0, 0.1) is 0 Å². The second kappa shape index (κ2) is 6.75. The van der Waals surface area contributed by atoms with Crippen molar-refractivity contribution in [1.29, 1.82) is 0 Å². The highest BCUT2D eigenvalue weighted by atomic mass is 16.5. The molecular weight excluding hydrogens is 250 g/mol. The summed E-state index contributed by atoms with van der Waals surface area (Å²) in [6.07, 6.45) is 0.0399. The average Bonchev–Trinajstić information content (AvgIpc) is 2.46. The summed E-state index contributed by atoms with van der Waals surface area (Å²) < 4.78 is 5.66. The van der Waals surface area contributed by atoms with Gasteiger partial charge in [0.15, 0.2) is 0 Å². The molecule has 1 N–H and O–H groups in total. The first kappa shape index (κ1) is 14.1. The van der Waals surface area contributed by atoms with Crippen molar-refractivity contribution >= 4 is 5.91 Å². The van der Waals surface area contributed by atoms with E-state index in [1.807, 2.05) is 62.4 Å². The highest BCUT2D eigenvalue weighted by Crippen LogP contribution is 2.19. The van der Waals surface area contributed by atoms with Crippen LogP contribution in [0.2, 0.25) is 0 Å². The number of carbonyl (C=O) groups is 1. The third-order valence-corrected chi connectivity index (χ3v) is 2.79. The number of rotatable bonds is 5. The lowest BCUT2D eigenvalue weighted by atomic mass is 10.1. The van der Waals surface area contributed by atoms with Gasteiger partial charge in [-0.3, -0.25) is 4.79 Å². The van der Waals surface area contributed by atoms with E-state index in [1.54, 1.807) is 6.07 Å². The molecule has 0 fully saturated rings. The summed E-state index contributed by atoms with van der Waals surface area (Å²) >= 11 is 0. The minimum absolute atomic E-state index is 0.0399. The maximum Gasteiger partial charge on any atom is 0.255 e. The highest BCUT2D eigenvalue weighted by molar-refractivity contribution is 5.96. The molecule has 104 valence electrons. The lowest BCUT2D eigenvalue weighted by Crippen LogP contribution is -2.24. The highest BCUT2D eigenvalue weighted by Gasteiger charge is 2.12. The molecule has 2 aromatic carbocycles. The Labute approximate surface area is 119 Å². The fourth-order valence-electron chi connectivity index (χ4n) is 1.88. The predicted molar refractivity (Wildman–Crippen MR) is 79.8 cm³/mol. The molecule has 2 aromatic rings. The molecule has 0 aliphatic rings. The second-order valence-electron chi connectivity index (χ2n) is 4.83. The molecule has 0 aliphatic heterocycles. The van der Waals surface area contributed by atoms with Crippen molar-refractivity contribution in [2.75, 3.05) is 0 Å². The molecular formula is C17H19NO2. The Hall–Kier alpha value is -2.29. The number of nitrogens with one attached hydrogen (secondary N) is 1. The van der Waals surface area contributed by atoms with Crippen LogP contribution < -0.4 is 10.1 Å². The van der Waals surface area contributed by atoms with E-state index < -0.39 is 0 Å². The van der Waals surface area contributed by atoms with Gasteiger partial charge >= 0.3 is 0 Å². The van der Waals surface area contributed by atoms with Crippen molar-refractivity contribution in [2.24, 2.45) is 0 Å². The lowest BCUT2D eigenvalue weighted by Gasteiger charge is -2.14. The monoisotopic (exact) mass is 269 g/mol. The van der Waals surface area contributed by atoms with Crippen LogP contribution in [0.3, 0.4) is 0 Å². The molecule has 0 aliphatic carbocycles. The minimum Gasteiger partial charge on any atom is -0.490 e. The van der Waals surface area contributed by atoms with Crippen LogP contribution >= 0.6 is 0 Å². The van der Waals surface area contributed by atoms with Gasteiger partial charge in [0.1, 0.15) is 5.75 Å². The molecule has 20 heavy (non-hydrogen) atoms. The second-order valence-corrected chi connectivity index (χ2v) is 4.83. The van der Waals surface area contributed by atoms with Crippen molar-refractivity contribution in [3.63, 3.8) is 0 Å². The van der Waals surface area contributed by atoms with Crippen molar-refractivity contribution in [3.8, 4) is 5.75 Å². The Morgan fingerprint density at radius 2 is 1.70 bits per heavy atom. The van der Waals surface area contributed by atoms with Crippen molar-refractivity contribution < 1.29 is 9.53 Å². The van der Waals surface area contributed by atoms with E-state index in [0.29, 0.717) is 17.9 Å². The molecule has 3 nitrogen and oxygen atoms in total. The summed E-state index contributed by atoms with van der Waals surface area (Å²) in [5, 5.41) is 2.91. The van der Waals surface area contributed by atoms with Crippen LogP contribution in [-0.2, 0) is 6.54 Å². The van der Waals surface area contributed by atoms with Crippen molar-refractivity contribution in [2.45, 2.75) is 26.5 Å². The van der Waals surface area contributed by atoms with Gasteiger partial charge in [0.05, 0.1) is 11.7 Å². The summed E-state index contributed by atoms with van der Waals surface area (Å²) in [5.74, 6) is 0.498. The first-order valence-electron chi connectivity index (χ1n) is 6.74.